The average molecular weight is 434 g/mol. The van der Waals surface area contributed by atoms with Crippen LogP contribution in [0.1, 0.15) is 52.1 Å². The lowest BCUT2D eigenvalue weighted by Gasteiger charge is -2.57. The Morgan fingerprint density at radius 1 is 1.10 bits per heavy atom. The molecule has 10 heteroatoms. The number of aromatic nitrogens is 1. The Hall–Kier alpha value is -3.04. The lowest BCUT2D eigenvalue weighted by molar-refractivity contribution is -0.0294. The maximum atomic E-state index is 12.1. The molecule has 1 spiro atoms. The van der Waals surface area contributed by atoms with Crippen LogP contribution in [-0.2, 0) is 14.2 Å². The molecular weight excluding hydrogens is 404 g/mol. The van der Waals surface area contributed by atoms with E-state index in [2.05, 4.69) is 20.6 Å². The Bertz CT molecular complexity index is 871. The van der Waals surface area contributed by atoms with Crippen LogP contribution < -0.4 is 10.7 Å². The fourth-order valence-electron chi connectivity index (χ4n) is 4.43. The minimum absolute atomic E-state index is 0.0536. The van der Waals surface area contributed by atoms with E-state index in [1.807, 2.05) is 20.8 Å². The summed E-state index contributed by atoms with van der Waals surface area (Å²) in [7, 11) is 2.56. The second kappa shape index (κ2) is 8.60. The van der Waals surface area contributed by atoms with Gasteiger partial charge in [-0.3, -0.25) is 4.57 Å². The van der Waals surface area contributed by atoms with Crippen molar-refractivity contribution in [2.24, 2.45) is 16.4 Å². The highest BCUT2D eigenvalue weighted by molar-refractivity contribution is 6.04. The van der Waals surface area contributed by atoms with Gasteiger partial charge in [-0.15, -0.1) is 0 Å². The highest BCUT2D eigenvalue weighted by Crippen LogP contribution is 2.59. The molecule has 2 aliphatic carbocycles. The Labute approximate surface area is 181 Å². The topological polar surface area (TPSA) is 120 Å². The first-order valence-electron chi connectivity index (χ1n) is 10.2. The summed E-state index contributed by atoms with van der Waals surface area (Å²) in [6.07, 6.45) is 3.37. The van der Waals surface area contributed by atoms with E-state index < -0.39 is 23.9 Å². The molecule has 2 fully saturated rings. The fourth-order valence-corrected chi connectivity index (χ4v) is 4.43. The Balaban J connectivity index is 1.64. The smallest absolute Gasteiger partial charge is 0.427 e. The van der Waals surface area contributed by atoms with Crippen molar-refractivity contribution in [1.29, 1.82) is 0 Å². The Morgan fingerprint density at radius 2 is 1.77 bits per heavy atom. The fraction of sp³-hybridized carbons (Fsp3) is 0.619. The van der Waals surface area contributed by atoms with Crippen molar-refractivity contribution >= 4 is 24.0 Å². The molecular formula is C21H30N4O6. The maximum Gasteiger partial charge on any atom is 0.427 e. The quantitative estimate of drug-likeness (QED) is 0.426. The van der Waals surface area contributed by atoms with Crippen LogP contribution in [0.2, 0.25) is 0 Å². The van der Waals surface area contributed by atoms with Crippen LogP contribution in [0.5, 0.6) is 0 Å². The van der Waals surface area contributed by atoms with Crippen molar-refractivity contribution in [2.75, 3.05) is 14.2 Å². The summed E-state index contributed by atoms with van der Waals surface area (Å²) in [5.74, 6) is 0.0536. The van der Waals surface area contributed by atoms with Crippen molar-refractivity contribution in [2.45, 2.75) is 58.1 Å². The third-order valence-electron chi connectivity index (χ3n) is 5.66. The number of methoxy groups -OCH3 is 2. The molecule has 2 saturated carbocycles. The van der Waals surface area contributed by atoms with Gasteiger partial charge in [0.15, 0.2) is 0 Å². The van der Waals surface area contributed by atoms with Crippen LogP contribution in [0.25, 0.3) is 0 Å². The maximum absolute atomic E-state index is 12.1. The summed E-state index contributed by atoms with van der Waals surface area (Å²) in [5.41, 5.74) is 3.11. The van der Waals surface area contributed by atoms with Crippen molar-refractivity contribution in [1.82, 2.24) is 15.3 Å². The highest BCUT2D eigenvalue weighted by atomic mass is 16.6. The number of nitrogens with zero attached hydrogens (tertiary/aromatic N) is 2. The van der Waals surface area contributed by atoms with E-state index in [0.717, 1.165) is 25.7 Å². The van der Waals surface area contributed by atoms with Crippen molar-refractivity contribution in [3.05, 3.63) is 24.0 Å². The van der Waals surface area contributed by atoms with Gasteiger partial charge in [0.25, 0.3) is 0 Å². The first-order chi connectivity index (χ1) is 14.6. The molecule has 0 atom stereocenters. The highest BCUT2D eigenvalue weighted by Gasteiger charge is 2.55. The predicted molar refractivity (Wildman–Crippen MR) is 112 cm³/mol. The number of ether oxygens (including phenoxy) is 3. The van der Waals surface area contributed by atoms with Gasteiger partial charge in [0.2, 0.25) is 0 Å². The number of carbonyl (C=O) groups excluding carboxylic acids is 3. The summed E-state index contributed by atoms with van der Waals surface area (Å²) in [6, 6.07) is 3.56. The number of nitrogens with one attached hydrogen (secondary N) is 2. The third kappa shape index (κ3) is 5.18. The molecule has 0 aromatic carbocycles. The number of hydrazone groups is 1. The average Bonchev–Trinajstić information content (AvgIpc) is 3.11. The van der Waals surface area contributed by atoms with E-state index in [4.69, 9.17) is 9.47 Å². The molecule has 170 valence electrons. The molecule has 1 aromatic rings. The lowest BCUT2D eigenvalue weighted by atomic mass is 9.49. The third-order valence-corrected chi connectivity index (χ3v) is 5.66. The first kappa shape index (κ1) is 22.6. The molecule has 2 N–H and O–H groups in total. The van der Waals surface area contributed by atoms with E-state index in [1.54, 1.807) is 18.3 Å². The normalized spacial score (nSPS) is 25.1. The molecule has 3 rings (SSSR count). The zero-order valence-corrected chi connectivity index (χ0v) is 18.6. The van der Waals surface area contributed by atoms with E-state index in [0.29, 0.717) is 11.4 Å². The minimum atomic E-state index is -0.687. The summed E-state index contributed by atoms with van der Waals surface area (Å²) >= 11 is 0. The van der Waals surface area contributed by atoms with Crippen LogP contribution >= 0.6 is 0 Å². The molecule has 10 nitrogen and oxygen atoms in total. The Morgan fingerprint density at radius 3 is 2.35 bits per heavy atom. The number of amides is 2. The number of carbonyl (C=O) groups is 3. The summed E-state index contributed by atoms with van der Waals surface area (Å²) in [4.78, 5) is 35.6. The molecule has 0 aliphatic heterocycles. The first-order valence-corrected chi connectivity index (χ1v) is 10.2. The number of rotatable bonds is 4. The van der Waals surface area contributed by atoms with E-state index >= 15 is 0 Å². The van der Waals surface area contributed by atoms with Crippen LogP contribution in [0.15, 0.2) is 23.4 Å². The molecule has 31 heavy (non-hydrogen) atoms. The van der Waals surface area contributed by atoms with Gasteiger partial charge in [0, 0.05) is 18.2 Å². The van der Waals surface area contributed by atoms with Gasteiger partial charge in [0.05, 0.1) is 25.6 Å². The van der Waals surface area contributed by atoms with Crippen molar-refractivity contribution < 1.29 is 28.6 Å². The van der Waals surface area contributed by atoms with Crippen molar-refractivity contribution in [3.63, 3.8) is 0 Å². The van der Waals surface area contributed by atoms with E-state index in [1.165, 1.54) is 18.8 Å². The van der Waals surface area contributed by atoms with Crippen LogP contribution in [0.3, 0.4) is 0 Å². The molecule has 1 heterocycles. The van der Waals surface area contributed by atoms with Gasteiger partial charge in [0.1, 0.15) is 5.60 Å². The van der Waals surface area contributed by atoms with E-state index in [9.17, 15) is 14.4 Å². The Kier molecular flexibility index (Phi) is 6.28. The summed E-state index contributed by atoms with van der Waals surface area (Å²) < 4.78 is 16.1. The van der Waals surface area contributed by atoms with Gasteiger partial charge < -0.3 is 19.5 Å². The number of hydrogen-bond acceptors (Lipinski definition) is 7. The molecule has 0 bridgehead atoms. The van der Waals surface area contributed by atoms with Gasteiger partial charge in [-0.25, -0.2) is 19.8 Å². The number of alkyl carbamates (subject to hydrolysis) is 1. The monoisotopic (exact) mass is 434 g/mol. The SMILES string of the molecule is COC(=O)NN=C(c1cccn1C(=O)OC)C1CC2(CC(NC(=O)OC(C)(C)C)C2)C1. The molecule has 2 aliphatic rings. The van der Waals surface area contributed by atoms with Gasteiger partial charge in [-0.05, 0) is 64.0 Å². The molecule has 1 aromatic heterocycles. The standard InChI is InChI=1S/C21H30N4O6/c1-20(2,3)31-17(26)22-14-11-21(12-14)9-13(10-21)16(23-24-18(27)29-4)15-7-6-8-25(15)19(28)30-5/h6-8,13-14H,9-12H2,1-5H3,(H,22,26)(H,24,27). The molecule has 2 amide bonds. The summed E-state index contributed by atoms with van der Waals surface area (Å²) in [5, 5.41) is 7.16. The van der Waals surface area contributed by atoms with Crippen LogP contribution in [0, 0.1) is 11.3 Å². The lowest BCUT2D eigenvalue weighted by Crippen LogP contribution is -2.58. The van der Waals surface area contributed by atoms with Gasteiger partial charge >= 0.3 is 18.3 Å². The largest absolute Gasteiger partial charge is 0.452 e. The number of hydrogen-bond donors (Lipinski definition) is 2. The zero-order chi connectivity index (χ0) is 22.8. The van der Waals surface area contributed by atoms with Gasteiger partial charge in [-0.1, -0.05) is 0 Å². The van der Waals surface area contributed by atoms with E-state index in [-0.39, 0.29) is 17.4 Å². The molecule has 0 saturated heterocycles. The second-order valence-electron chi connectivity index (χ2n) is 9.19. The van der Waals surface area contributed by atoms with Crippen LogP contribution in [0.4, 0.5) is 14.4 Å². The predicted octanol–water partition coefficient (Wildman–Crippen LogP) is 3.25. The molecule has 0 radical (unpaired) electrons. The minimum Gasteiger partial charge on any atom is -0.452 e. The molecule has 0 unspecified atom stereocenters. The van der Waals surface area contributed by atoms with Crippen molar-refractivity contribution in [3.8, 4) is 0 Å². The van der Waals surface area contributed by atoms with Gasteiger partial charge in [-0.2, -0.15) is 5.10 Å². The summed E-state index contributed by atoms with van der Waals surface area (Å²) in [6.45, 7) is 5.50. The van der Waals surface area contributed by atoms with Crippen LogP contribution in [-0.4, -0.2) is 54.4 Å². The second-order valence-corrected chi connectivity index (χ2v) is 9.19. The zero-order valence-electron chi connectivity index (χ0n) is 18.6.